The molecule has 20 heavy (non-hydrogen) atoms. The Bertz CT molecular complexity index is 464. The fourth-order valence-corrected chi connectivity index (χ4v) is 4.56. The van der Waals surface area contributed by atoms with Gasteiger partial charge in [0.1, 0.15) is 0 Å². The number of allylic oxidation sites excluding steroid dienone is 1. The Morgan fingerprint density at radius 3 is 2.55 bits per heavy atom. The largest absolute Gasteiger partial charge is 0.481 e. The van der Waals surface area contributed by atoms with Gasteiger partial charge in [0.15, 0.2) is 0 Å². The molecule has 4 atom stereocenters. The normalized spacial score (nSPS) is 38.0. The van der Waals surface area contributed by atoms with Gasteiger partial charge in [0, 0.05) is 6.04 Å². The molecule has 2 fully saturated rings. The molecule has 0 spiro atoms. The number of carbonyl (C=O) groups is 2. The standard InChI is InChI=1S/C16H23NO3/c1-9-8-10(2)14-13(16(19)20)12(9)15(18)17(14)11-6-4-3-5-7-11/h8-9,11-14H,3-7H2,1-2H3,(H,19,20). The van der Waals surface area contributed by atoms with Gasteiger partial charge in [-0.05, 0) is 25.7 Å². The van der Waals surface area contributed by atoms with Gasteiger partial charge in [-0.1, -0.05) is 37.8 Å². The Kier molecular flexibility index (Phi) is 3.35. The molecule has 3 aliphatic rings. The molecule has 2 bridgehead atoms. The molecule has 1 saturated heterocycles. The number of hydrogen-bond acceptors (Lipinski definition) is 2. The highest BCUT2D eigenvalue weighted by Crippen LogP contribution is 2.46. The molecule has 2 aliphatic carbocycles. The highest BCUT2D eigenvalue weighted by Gasteiger charge is 2.57. The molecule has 3 rings (SSSR count). The van der Waals surface area contributed by atoms with Gasteiger partial charge in [-0.2, -0.15) is 0 Å². The smallest absolute Gasteiger partial charge is 0.309 e. The van der Waals surface area contributed by atoms with Crippen LogP contribution in [0, 0.1) is 17.8 Å². The van der Waals surface area contributed by atoms with Crippen LogP contribution < -0.4 is 0 Å². The van der Waals surface area contributed by atoms with Crippen molar-refractivity contribution in [1.82, 2.24) is 4.90 Å². The van der Waals surface area contributed by atoms with Crippen LogP contribution in [0.5, 0.6) is 0 Å². The molecule has 1 heterocycles. The number of carbonyl (C=O) groups excluding carboxylic acids is 1. The van der Waals surface area contributed by atoms with E-state index in [0.29, 0.717) is 0 Å². The second kappa shape index (κ2) is 4.90. The number of carboxylic acids is 1. The predicted octanol–water partition coefficient (Wildman–Crippen LogP) is 2.44. The predicted molar refractivity (Wildman–Crippen MR) is 75.0 cm³/mol. The molecule has 0 aromatic rings. The van der Waals surface area contributed by atoms with E-state index in [1.54, 1.807) is 0 Å². The first-order valence-corrected chi connectivity index (χ1v) is 7.75. The average Bonchev–Trinajstić information content (AvgIpc) is 2.68. The lowest BCUT2D eigenvalue weighted by molar-refractivity contribution is -0.145. The molecule has 1 saturated carbocycles. The van der Waals surface area contributed by atoms with Gasteiger partial charge in [-0.3, -0.25) is 9.59 Å². The average molecular weight is 277 g/mol. The van der Waals surface area contributed by atoms with Crippen LogP contribution in [0.25, 0.3) is 0 Å². The Morgan fingerprint density at radius 1 is 1.30 bits per heavy atom. The summed E-state index contributed by atoms with van der Waals surface area (Å²) in [5.41, 5.74) is 1.07. The topological polar surface area (TPSA) is 57.6 Å². The maximum Gasteiger partial charge on any atom is 0.309 e. The number of amides is 1. The summed E-state index contributed by atoms with van der Waals surface area (Å²) in [7, 11) is 0. The monoisotopic (exact) mass is 277 g/mol. The third-order valence-corrected chi connectivity index (χ3v) is 5.38. The summed E-state index contributed by atoms with van der Waals surface area (Å²) in [6.45, 7) is 3.96. The first-order chi connectivity index (χ1) is 9.52. The van der Waals surface area contributed by atoms with Crippen molar-refractivity contribution in [3.8, 4) is 0 Å². The molecule has 4 heteroatoms. The molecule has 0 radical (unpaired) electrons. The quantitative estimate of drug-likeness (QED) is 0.789. The highest BCUT2D eigenvalue weighted by molar-refractivity contribution is 5.91. The summed E-state index contributed by atoms with van der Waals surface area (Å²) in [6.07, 6.45) is 7.71. The van der Waals surface area contributed by atoms with Crippen LogP contribution in [0.1, 0.15) is 46.0 Å². The van der Waals surface area contributed by atoms with E-state index in [0.717, 1.165) is 31.3 Å². The molecule has 110 valence electrons. The van der Waals surface area contributed by atoms with Crippen molar-refractivity contribution in [2.24, 2.45) is 17.8 Å². The van der Waals surface area contributed by atoms with Crippen LogP contribution >= 0.6 is 0 Å². The fraction of sp³-hybridized carbons (Fsp3) is 0.750. The fourth-order valence-electron chi connectivity index (χ4n) is 4.56. The van der Waals surface area contributed by atoms with Crippen molar-refractivity contribution in [2.75, 3.05) is 0 Å². The summed E-state index contributed by atoms with van der Waals surface area (Å²) in [5, 5.41) is 9.58. The van der Waals surface area contributed by atoms with Crippen LogP contribution in [-0.4, -0.2) is 34.0 Å². The third kappa shape index (κ3) is 1.88. The number of hydrogen-bond donors (Lipinski definition) is 1. The number of aliphatic carboxylic acids is 1. The Balaban J connectivity index is 1.98. The molecule has 1 amide bonds. The Morgan fingerprint density at radius 2 is 1.95 bits per heavy atom. The molecule has 1 aliphatic heterocycles. The molecule has 0 aromatic carbocycles. The Labute approximate surface area is 119 Å². The number of fused-ring (bicyclic) bond motifs is 2. The zero-order chi connectivity index (χ0) is 14.4. The number of nitrogens with zero attached hydrogens (tertiary/aromatic N) is 1. The zero-order valence-corrected chi connectivity index (χ0v) is 12.2. The lowest BCUT2D eigenvalue weighted by Crippen LogP contribution is -2.45. The maximum absolute atomic E-state index is 12.8. The van der Waals surface area contributed by atoms with Crippen molar-refractivity contribution >= 4 is 11.9 Å². The van der Waals surface area contributed by atoms with Crippen molar-refractivity contribution in [3.05, 3.63) is 11.6 Å². The SMILES string of the molecule is CC1=CC(C)C2C(=O)N(C3CCCCC3)C1C2C(=O)O. The Hall–Kier alpha value is -1.32. The van der Waals surface area contributed by atoms with Gasteiger partial charge < -0.3 is 10.0 Å². The van der Waals surface area contributed by atoms with Gasteiger partial charge in [0.25, 0.3) is 0 Å². The third-order valence-electron chi connectivity index (χ3n) is 5.38. The second-order valence-corrected chi connectivity index (χ2v) is 6.64. The first kappa shape index (κ1) is 13.7. The van der Waals surface area contributed by atoms with E-state index in [1.807, 2.05) is 18.7 Å². The summed E-state index contributed by atoms with van der Waals surface area (Å²) < 4.78 is 0. The summed E-state index contributed by atoms with van der Waals surface area (Å²) in [4.78, 5) is 26.4. The van der Waals surface area contributed by atoms with Crippen molar-refractivity contribution in [3.63, 3.8) is 0 Å². The minimum atomic E-state index is -0.814. The van der Waals surface area contributed by atoms with E-state index in [2.05, 4.69) is 6.08 Å². The van der Waals surface area contributed by atoms with Gasteiger partial charge in [-0.15, -0.1) is 0 Å². The summed E-state index contributed by atoms with van der Waals surface area (Å²) >= 11 is 0. The summed E-state index contributed by atoms with van der Waals surface area (Å²) in [5.74, 6) is -1.61. The van der Waals surface area contributed by atoms with E-state index >= 15 is 0 Å². The maximum atomic E-state index is 12.8. The van der Waals surface area contributed by atoms with E-state index in [9.17, 15) is 14.7 Å². The molecular weight excluding hydrogens is 254 g/mol. The van der Waals surface area contributed by atoms with Crippen molar-refractivity contribution in [2.45, 2.75) is 58.0 Å². The second-order valence-electron chi connectivity index (χ2n) is 6.64. The highest BCUT2D eigenvalue weighted by atomic mass is 16.4. The number of rotatable bonds is 2. The van der Waals surface area contributed by atoms with Crippen molar-refractivity contribution < 1.29 is 14.7 Å². The molecule has 0 aromatic heterocycles. The zero-order valence-electron chi connectivity index (χ0n) is 12.2. The van der Waals surface area contributed by atoms with E-state index in [1.165, 1.54) is 6.42 Å². The minimum Gasteiger partial charge on any atom is -0.481 e. The lowest BCUT2D eigenvalue weighted by atomic mass is 9.74. The van der Waals surface area contributed by atoms with E-state index in [4.69, 9.17) is 0 Å². The number of likely N-dealkylation sites (tertiary alicyclic amines) is 1. The van der Waals surface area contributed by atoms with Gasteiger partial charge >= 0.3 is 5.97 Å². The van der Waals surface area contributed by atoms with Gasteiger partial charge in [0.05, 0.1) is 17.9 Å². The van der Waals surface area contributed by atoms with Gasteiger partial charge in [-0.25, -0.2) is 0 Å². The summed E-state index contributed by atoms with van der Waals surface area (Å²) in [6, 6.07) is 0.0473. The molecule has 4 unspecified atom stereocenters. The van der Waals surface area contributed by atoms with Crippen LogP contribution in [-0.2, 0) is 9.59 Å². The van der Waals surface area contributed by atoms with Crippen LogP contribution in [0.4, 0.5) is 0 Å². The van der Waals surface area contributed by atoms with Crippen LogP contribution in [0.3, 0.4) is 0 Å². The molecular formula is C16H23NO3. The van der Waals surface area contributed by atoms with Crippen LogP contribution in [0.15, 0.2) is 11.6 Å². The minimum absolute atomic E-state index is 0.0356. The van der Waals surface area contributed by atoms with E-state index < -0.39 is 11.9 Å². The van der Waals surface area contributed by atoms with Gasteiger partial charge in [0.2, 0.25) is 5.91 Å². The van der Waals surface area contributed by atoms with Crippen molar-refractivity contribution in [1.29, 1.82) is 0 Å². The van der Waals surface area contributed by atoms with Crippen LogP contribution in [0.2, 0.25) is 0 Å². The lowest BCUT2D eigenvalue weighted by Gasteiger charge is -2.37. The first-order valence-electron chi connectivity index (χ1n) is 7.75. The molecule has 1 N–H and O–H groups in total. The molecule has 4 nitrogen and oxygen atoms in total. The van der Waals surface area contributed by atoms with E-state index in [-0.39, 0.29) is 29.8 Å². The number of carboxylic acid groups (broad SMARTS) is 1.